The van der Waals surface area contributed by atoms with E-state index in [2.05, 4.69) is 0 Å². The molecule has 0 aliphatic carbocycles. The zero-order chi connectivity index (χ0) is 18.8. The quantitative estimate of drug-likeness (QED) is 0.296. The Morgan fingerprint density at radius 3 is 2.00 bits per heavy atom. The minimum Gasteiger partial charge on any atom is -0.494 e. The van der Waals surface area contributed by atoms with Crippen molar-refractivity contribution in [2.75, 3.05) is 12.5 Å². The summed E-state index contributed by atoms with van der Waals surface area (Å²) >= 11 is 5.64. The third-order valence-electron chi connectivity index (χ3n) is 4.22. The highest BCUT2D eigenvalue weighted by molar-refractivity contribution is 6.17. The topological polar surface area (TPSA) is 9.23 Å². The van der Waals surface area contributed by atoms with Gasteiger partial charge in [0, 0.05) is 11.4 Å². The summed E-state index contributed by atoms with van der Waals surface area (Å²) in [6.45, 7) is 0.493. The van der Waals surface area contributed by atoms with Gasteiger partial charge in [0.1, 0.15) is 23.2 Å². The number of rotatable bonds is 11. The van der Waals surface area contributed by atoms with Gasteiger partial charge < -0.3 is 4.74 Å². The average Bonchev–Trinajstić information content (AvgIpc) is 2.62. The van der Waals surface area contributed by atoms with Gasteiger partial charge in [0.25, 0.3) is 0 Å². The van der Waals surface area contributed by atoms with E-state index in [0.717, 1.165) is 43.7 Å². The summed E-state index contributed by atoms with van der Waals surface area (Å²) in [7, 11) is 0. The Labute approximate surface area is 158 Å². The van der Waals surface area contributed by atoms with Crippen molar-refractivity contribution < 1.29 is 17.9 Å². The summed E-state index contributed by atoms with van der Waals surface area (Å²) in [6, 6.07) is 7.47. The SMILES string of the molecule is Fc1ccc(OCCCCCCCCCCl)cc1-c1c(F)cccc1F. The van der Waals surface area contributed by atoms with Crippen molar-refractivity contribution in [3.8, 4) is 16.9 Å². The maximum atomic E-state index is 14.0. The van der Waals surface area contributed by atoms with Crippen molar-refractivity contribution in [3.05, 3.63) is 53.8 Å². The van der Waals surface area contributed by atoms with Crippen LogP contribution in [0, 0.1) is 17.5 Å². The summed E-state index contributed by atoms with van der Waals surface area (Å²) in [4.78, 5) is 0. The molecule has 2 rings (SSSR count). The zero-order valence-corrected chi connectivity index (χ0v) is 15.5. The highest BCUT2D eigenvalue weighted by Crippen LogP contribution is 2.31. The van der Waals surface area contributed by atoms with Gasteiger partial charge in [0.05, 0.1) is 12.2 Å². The summed E-state index contributed by atoms with van der Waals surface area (Å²) in [5, 5.41) is 0. The van der Waals surface area contributed by atoms with Crippen LogP contribution in [0.5, 0.6) is 5.75 Å². The number of alkyl halides is 1. The van der Waals surface area contributed by atoms with Crippen molar-refractivity contribution in [1.82, 2.24) is 0 Å². The van der Waals surface area contributed by atoms with Crippen molar-refractivity contribution in [3.63, 3.8) is 0 Å². The fraction of sp³-hybridized carbons (Fsp3) is 0.429. The second-order valence-electron chi connectivity index (χ2n) is 6.25. The Morgan fingerprint density at radius 2 is 1.35 bits per heavy atom. The van der Waals surface area contributed by atoms with Crippen LogP contribution in [0.3, 0.4) is 0 Å². The lowest BCUT2D eigenvalue weighted by Crippen LogP contribution is -1.99. The average molecular weight is 385 g/mol. The molecule has 5 heteroatoms. The van der Waals surface area contributed by atoms with Crippen LogP contribution >= 0.6 is 11.6 Å². The molecule has 0 amide bonds. The van der Waals surface area contributed by atoms with Crippen LogP contribution < -0.4 is 4.74 Å². The standard InChI is InChI=1S/C21H24ClF3O/c22-13-6-4-2-1-3-5-7-14-26-16-11-12-18(23)17(15-16)21-19(24)9-8-10-20(21)25/h8-12,15H,1-7,13-14H2. The highest BCUT2D eigenvalue weighted by atomic mass is 35.5. The molecule has 1 nitrogen and oxygen atoms in total. The lowest BCUT2D eigenvalue weighted by atomic mass is 10.0. The number of hydrogen-bond donors (Lipinski definition) is 0. The zero-order valence-electron chi connectivity index (χ0n) is 14.7. The summed E-state index contributed by atoms with van der Waals surface area (Å²) in [6.07, 6.45) is 7.70. The molecular weight excluding hydrogens is 361 g/mol. The molecule has 142 valence electrons. The molecule has 0 aliphatic heterocycles. The normalized spacial score (nSPS) is 10.9. The third kappa shape index (κ3) is 6.24. The molecular formula is C21H24ClF3O. The molecule has 26 heavy (non-hydrogen) atoms. The number of ether oxygens (including phenoxy) is 1. The van der Waals surface area contributed by atoms with Crippen LogP contribution in [-0.4, -0.2) is 12.5 Å². The first kappa shape index (κ1) is 20.6. The predicted octanol–water partition coefficient (Wildman–Crippen LogP) is 7.12. The van der Waals surface area contributed by atoms with Crippen LogP contribution in [0.1, 0.15) is 44.9 Å². The van der Waals surface area contributed by atoms with E-state index < -0.39 is 17.5 Å². The van der Waals surface area contributed by atoms with Gasteiger partial charge in [-0.15, -0.1) is 11.6 Å². The fourth-order valence-corrected chi connectivity index (χ4v) is 3.00. The molecule has 0 saturated carbocycles. The molecule has 0 bridgehead atoms. The summed E-state index contributed by atoms with van der Waals surface area (Å²) in [5.74, 6) is -1.14. The smallest absolute Gasteiger partial charge is 0.134 e. The van der Waals surface area contributed by atoms with Gasteiger partial charge in [-0.05, 0) is 43.2 Å². The number of hydrogen-bond acceptors (Lipinski definition) is 1. The van der Waals surface area contributed by atoms with E-state index in [1.807, 2.05) is 0 Å². The van der Waals surface area contributed by atoms with Gasteiger partial charge in [-0.1, -0.05) is 38.2 Å². The number of unbranched alkanes of at least 4 members (excludes halogenated alkanes) is 6. The summed E-state index contributed by atoms with van der Waals surface area (Å²) in [5.41, 5.74) is -0.496. The Morgan fingerprint density at radius 1 is 0.731 bits per heavy atom. The van der Waals surface area contributed by atoms with E-state index in [1.54, 1.807) is 0 Å². The molecule has 0 fully saturated rings. The van der Waals surface area contributed by atoms with Crippen molar-refractivity contribution >= 4 is 11.6 Å². The molecule has 0 unspecified atom stereocenters. The molecule has 0 heterocycles. The molecule has 0 N–H and O–H groups in total. The minimum absolute atomic E-state index is 0.127. The van der Waals surface area contributed by atoms with Gasteiger partial charge in [-0.2, -0.15) is 0 Å². The summed E-state index contributed by atoms with van der Waals surface area (Å²) < 4.78 is 47.4. The van der Waals surface area contributed by atoms with E-state index >= 15 is 0 Å². The maximum absolute atomic E-state index is 14.0. The van der Waals surface area contributed by atoms with Gasteiger partial charge >= 0.3 is 0 Å². The molecule has 0 aromatic heterocycles. The van der Waals surface area contributed by atoms with Gasteiger partial charge in [0.15, 0.2) is 0 Å². The van der Waals surface area contributed by atoms with E-state index in [0.29, 0.717) is 12.4 Å². The molecule has 0 spiro atoms. The predicted molar refractivity (Wildman–Crippen MR) is 100 cm³/mol. The van der Waals surface area contributed by atoms with Crippen LogP contribution in [0.2, 0.25) is 0 Å². The van der Waals surface area contributed by atoms with Gasteiger partial charge in [-0.25, -0.2) is 13.2 Å². The lowest BCUT2D eigenvalue weighted by molar-refractivity contribution is 0.304. The third-order valence-corrected chi connectivity index (χ3v) is 4.48. The van der Waals surface area contributed by atoms with Crippen LogP contribution in [0.15, 0.2) is 36.4 Å². The molecule has 0 radical (unpaired) electrons. The molecule has 0 atom stereocenters. The monoisotopic (exact) mass is 384 g/mol. The lowest BCUT2D eigenvalue weighted by Gasteiger charge is -2.10. The largest absolute Gasteiger partial charge is 0.494 e. The molecule has 0 aliphatic rings. The van der Waals surface area contributed by atoms with Crippen molar-refractivity contribution in [2.24, 2.45) is 0 Å². The first-order valence-electron chi connectivity index (χ1n) is 9.06. The Hall–Kier alpha value is -1.68. The minimum atomic E-state index is -0.796. The highest BCUT2D eigenvalue weighted by Gasteiger charge is 2.16. The molecule has 2 aromatic carbocycles. The fourth-order valence-electron chi connectivity index (χ4n) is 2.81. The first-order valence-corrected chi connectivity index (χ1v) is 9.59. The number of halogens is 4. The van der Waals surface area contributed by atoms with E-state index in [4.69, 9.17) is 16.3 Å². The second-order valence-corrected chi connectivity index (χ2v) is 6.63. The van der Waals surface area contributed by atoms with Gasteiger partial charge in [-0.3, -0.25) is 0 Å². The van der Waals surface area contributed by atoms with Gasteiger partial charge in [0.2, 0.25) is 0 Å². The number of benzene rings is 2. The second kappa shape index (κ2) is 11.1. The van der Waals surface area contributed by atoms with Crippen LogP contribution in [-0.2, 0) is 0 Å². The molecule has 2 aromatic rings. The van der Waals surface area contributed by atoms with E-state index in [9.17, 15) is 13.2 Å². The van der Waals surface area contributed by atoms with Crippen molar-refractivity contribution in [1.29, 1.82) is 0 Å². The first-order chi connectivity index (χ1) is 12.6. The molecule has 0 saturated heterocycles. The Kier molecular flexibility index (Phi) is 8.82. The van der Waals surface area contributed by atoms with Crippen molar-refractivity contribution in [2.45, 2.75) is 44.9 Å². The Bertz CT molecular complexity index is 671. The van der Waals surface area contributed by atoms with E-state index in [-0.39, 0.29) is 11.1 Å². The van der Waals surface area contributed by atoms with Crippen LogP contribution in [0.4, 0.5) is 13.2 Å². The maximum Gasteiger partial charge on any atom is 0.134 e. The Balaban J connectivity index is 1.84. The van der Waals surface area contributed by atoms with E-state index in [1.165, 1.54) is 43.5 Å². The van der Waals surface area contributed by atoms with Crippen LogP contribution in [0.25, 0.3) is 11.1 Å².